The first kappa shape index (κ1) is 11.8. The first-order chi connectivity index (χ1) is 10.1. The molecule has 2 bridgehead atoms. The van der Waals surface area contributed by atoms with Gasteiger partial charge in [-0.2, -0.15) is 0 Å². The molecular weight excluding hydrogens is 264 g/mol. The number of piperidine rings is 1. The standard InChI is InChI=1S/C17H18N2O2/c1-16-6-10-8-18-13-5-3-4-12(14(10)13)17(16)7-11(9-19(16)2)15(20)21-17/h3-5,8,11,18H,6-7,9H2,1-2H3/t11-,16+,17+/m0/s1. The first-order valence-electron chi connectivity index (χ1n) is 7.59. The van der Waals surface area contributed by atoms with Crippen LogP contribution in [-0.4, -0.2) is 35.0 Å². The topological polar surface area (TPSA) is 45.3 Å². The quantitative estimate of drug-likeness (QED) is 0.753. The number of esters is 1. The molecule has 1 aliphatic carbocycles. The minimum atomic E-state index is -0.490. The van der Waals surface area contributed by atoms with Crippen LogP contribution in [0.4, 0.5) is 0 Å². The number of nitrogens with one attached hydrogen (secondary N) is 1. The highest BCUT2D eigenvalue weighted by Crippen LogP contribution is 2.58. The molecule has 4 nitrogen and oxygen atoms in total. The number of ether oxygens (including phenoxy) is 1. The maximum atomic E-state index is 12.3. The monoisotopic (exact) mass is 282 g/mol. The number of hydrogen-bond acceptors (Lipinski definition) is 3. The number of likely N-dealkylation sites (N-methyl/N-ethyl adjacent to an activating group) is 1. The van der Waals surface area contributed by atoms with Crippen LogP contribution in [0.1, 0.15) is 24.5 Å². The van der Waals surface area contributed by atoms with Crippen LogP contribution in [0, 0.1) is 5.92 Å². The highest BCUT2D eigenvalue weighted by molar-refractivity contribution is 5.90. The molecular formula is C17H18N2O2. The number of fused-ring (bicyclic) bond motifs is 1. The maximum Gasteiger partial charge on any atom is 0.311 e. The van der Waals surface area contributed by atoms with Gasteiger partial charge in [0, 0.05) is 35.6 Å². The summed E-state index contributed by atoms with van der Waals surface area (Å²) in [4.78, 5) is 18.0. The molecule has 2 fully saturated rings. The van der Waals surface area contributed by atoms with Gasteiger partial charge >= 0.3 is 5.97 Å². The Hall–Kier alpha value is -1.81. The SMILES string of the molecule is CN1C[C@@H]2C[C@@]3(OC2=O)c2cccc4[nH]cc(c24)C[C@@]13C. The molecule has 2 aliphatic heterocycles. The molecule has 2 saturated heterocycles. The van der Waals surface area contributed by atoms with Gasteiger partial charge in [0.2, 0.25) is 0 Å². The van der Waals surface area contributed by atoms with Gasteiger partial charge in [-0.25, -0.2) is 0 Å². The van der Waals surface area contributed by atoms with Crippen LogP contribution < -0.4 is 0 Å². The third kappa shape index (κ3) is 1.12. The summed E-state index contributed by atoms with van der Waals surface area (Å²) in [6.07, 6.45) is 3.85. The summed E-state index contributed by atoms with van der Waals surface area (Å²) in [6.45, 7) is 3.05. The molecule has 3 atom stereocenters. The number of nitrogens with zero attached hydrogens (tertiary/aromatic N) is 1. The van der Waals surface area contributed by atoms with Gasteiger partial charge in [0.15, 0.2) is 5.60 Å². The van der Waals surface area contributed by atoms with E-state index in [4.69, 9.17) is 4.74 Å². The van der Waals surface area contributed by atoms with Crippen LogP contribution >= 0.6 is 0 Å². The van der Waals surface area contributed by atoms with Crippen molar-refractivity contribution in [2.45, 2.75) is 30.9 Å². The lowest BCUT2D eigenvalue weighted by molar-refractivity contribution is -0.162. The zero-order chi connectivity index (χ0) is 14.4. The Balaban J connectivity index is 1.89. The first-order valence-corrected chi connectivity index (χ1v) is 7.59. The van der Waals surface area contributed by atoms with Crippen molar-refractivity contribution >= 4 is 16.9 Å². The number of likely N-dealkylation sites (tertiary alicyclic amines) is 1. The van der Waals surface area contributed by atoms with Crippen molar-refractivity contribution in [3.05, 3.63) is 35.5 Å². The van der Waals surface area contributed by atoms with Gasteiger partial charge in [-0.3, -0.25) is 9.69 Å². The third-order valence-corrected chi connectivity index (χ3v) is 6.11. The summed E-state index contributed by atoms with van der Waals surface area (Å²) in [5, 5.41) is 1.26. The number of carbonyl (C=O) groups excluding carboxylic acids is 1. The zero-order valence-electron chi connectivity index (χ0n) is 12.3. The molecule has 0 amide bonds. The van der Waals surface area contributed by atoms with E-state index in [1.54, 1.807) is 0 Å². The summed E-state index contributed by atoms with van der Waals surface area (Å²) >= 11 is 0. The molecule has 108 valence electrons. The molecule has 2 aromatic rings. The molecule has 1 aromatic heterocycles. The van der Waals surface area contributed by atoms with Gasteiger partial charge < -0.3 is 9.72 Å². The predicted molar refractivity (Wildman–Crippen MR) is 78.9 cm³/mol. The summed E-state index contributed by atoms with van der Waals surface area (Å²) in [6, 6.07) is 6.31. The van der Waals surface area contributed by atoms with Crippen LogP contribution in [0.25, 0.3) is 10.9 Å². The lowest BCUT2D eigenvalue weighted by atomic mass is 9.62. The van der Waals surface area contributed by atoms with E-state index in [1.807, 2.05) is 0 Å². The Morgan fingerprint density at radius 2 is 2.29 bits per heavy atom. The van der Waals surface area contributed by atoms with Crippen molar-refractivity contribution in [1.82, 2.24) is 9.88 Å². The minimum Gasteiger partial charge on any atom is -0.452 e. The van der Waals surface area contributed by atoms with Crippen molar-refractivity contribution in [3.63, 3.8) is 0 Å². The maximum absolute atomic E-state index is 12.3. The van der Waals surface area contributed by atoms with E-state index >= 15 is 0 Å². The molecule has 21 heavy (non-hydrogen) atoms. The van der Waals surface area contributed by atoms with E-state index < -0.39 is 5.60 Å². The highest BCUT2D eigenvalue weighted by Gasteiger charge is 2.66. The van der Waals surface area contributed by atoms with E-state index in [9.17, 15) is 4.79 Å². The lowest BCUT2D eigenvalue weighted by Gasteiger charge is -2.55. The average Bonchev–Trinajstić information content (AvgIpc) is 2.98. The highest BCUT2D eigenvalue weighted by atomic mass is 16.6. The van der Waals surface area contributed by atoms with Gasteiger partial charge in [0.25, 0.3) is 0 Å². The van der Waals surface area contributed by atoms with Crippen LogP contribution in [0.3, 0.4) is 0 Å². The third-order valence-electron chi connectivity index (χ3n) is 6.11. The fraction of sp³-hybridized carbons (Fsp3) is 0.471. The summed E-state index contributed by atoms with van der Waals surface area (Å²) in [7, 11) is 2.13. The molecule has 1 aromatic carbocycles. The van der Waals surface area contributed by atoms with E-state index in [1.165, 1.54) is 16.5 Å². The number of aromatic nitrogens is 1. The fourth-order valence-corrected chi connectivity index (χ4v) is 4.87. The Morgan fingerprint density at radius 3 is 3.14 bits per heavy atom. The van der Waals surface area contributed by atoms with Crippen LogP contribution in [0.15, 0.2) is 24.4 Å². The second-order valence-corrected chi connectivity index (χ2v) is 7.02. The van der Waals surface area contributed by atoms with E-state index in [0.29, 0.717) is 0 Å². The van der Waals surface area contributed by atoms with Crippen LogP contribution in [0.2, 0.25) is 0 Å². The Morgan fingerprint density at radius 1 is 1.43 bits per heavy atom. The van der Waals surface area contributed by atoms with Crippen LogP contribution in [-0.2, 0) is 21.6 Å². The summed E-state index contributed by atoms with van der Waals surface area (Å²) in [5.74, 6) is -0.0135. The number of aromatic amines is 1. The van der Waals surface area contributed by atoms with Crippen molar-refractivity contribution < 1.29 is 9.53 Å². The Kier molecular flexibility index (Phi) is 1.87. The summed E-state index contributed by atoms with van der Waals surface area (Å²) in [5.41, 5.74) is 3.01. The van der Waals surface area contributed by atoms with E-state index in [2.05, 4.69) is 48.3 Å². The van der Waals surface area contributed by atoms with Gasteiger partial charge in [0.1, 0.15) is 0 Å². The molecule has 3 aliphatic rings. The molecule has 5 rings (SSSR count). The Labute approximate surface area is 123 Å². The van der Waals surface area contributed by atoms with Crippen molar-refractivity contribution in [2.75, 3.05) is 13.6 Å². The zero-order valence-corrected chi connectivity index (χ0v) is 12.3. The number of benzene rings is 1. The van der Waals surface area contributed by atoms with Crippen molar-refractivity contribution in [2.24, 2.45) is 5.92 Å². The number of rotatable bonds is 0. The van der Waals surface area contributed by atoms with Crippen molar-refractivity contribution in [1.29, 1.82) is 0 Å². The number of H-pyrrole nitrogens is 1. The number of carbonyl (C=O) groups is 1. The Bertz CT molecular complexity index is 795. The van der Waals surface area contributed by atoms with Gasteiger partial charge in [-0.05, 0) is 32.0 Å². The molecule has 1 spiro atoms. The van der Waals surface area contributed by atoms with E-state index in [0.717, 1.165) is 24.9 Å². The molecule has 1 N–H and O–H groups in total. The van der Waals surface area contributed by atoms with E-state index in [-0.39, 0.29) is 17.4 Å². The molecule has 4 heteroatoms. The fourth-order valence-electron chi connectivity index (χ4n) is 4.87. The van der Waals surface area contributed by atoms with Crippen molar-refractivity contribution in [3.8, 4) is 0 Å². The smallest absolute Gasteiger partial charge is 0.311 e. The second-order valence-electron chi connectivity index (χ2n) is 7.02. The lowest BCUT2D eigenvalue weighted by Crippen LogP contribution is -2.64. The second kappa shape index (κ2) is 3.33. The van der Waals surface area contributed by atoms with Gasteiger partial charge in [-0.1, -0.05) is 12.1 Å². The van der Waals surface area contributed by atoms with Gasteiger partial charge in [-0.15, -0.1) is 0 Å². The summed E-state index contributed by atoms with van der Waals surface area (Å²) < 4.78 is 6.07. The molecule has 0 unspecified atom stereocenters. The van der Waals surface area contributed by atoms with Gasteiger partial charge in [0.05, 0.1) is 11.5 Å². The molecule has 3 heterocycles. The van der Waals surface area contributed by atoms with Crippen LogP contribution in [0.5, 0.6) is 0 Å². The average molecular weight is 282 g/mol. The number of hydrogen-bond donors (Lipinski definition) is 1. The minimum absolute atomic E-state index is 0.0128. The predicted octanol–water partition coefficient (Wildman–Crippen LogP) is 2.19. The molecule has 0 saturated carbocycles. The normalized spacial score (nSPS) is 37.6. The largest absolute Gasteiger partial charge is 0.452 e. The molecule has 0 radical (unpaired) electrons.